The summed E-state index contributed by atoms with van der Waals surface area (Å²) < 4.78 is 13.7. The van der Waals surface area contributed by atoms with Crippen LogP contribution in [0.2, 0.25) is 0 Å². The van der Waals surface area contributed by atoms with Crippen LogP contribution >= 0.6 is 11.3 Å². The Kier molecular flexibility index (Phi) is 4.52. The van der Waals surface area contributed by atoms with E-state index in [9.17, 15) is 18.8 Å². The molecule has 0 radical (unpaired) electrons. The van der Waals surface area contributed by atoms with Crippen molar-refractivity contribution in [2.75, 3.05) is 0 Å². The third-order valence-electron chi connectivity index (χ3n) is 2.81. The van der Waals surface area contributed by atoms with Gasteiger partial charge in [0.1, 0.15) is 5.82 Å². The van der Waals surface area contributed by atoms with Gasteiger partial charge in [-0.3, -0.25) is 14.4 Å². The highest BCUT2D eigenvalue weighted by Gasteiger charge is 2.25. The number of amides is 3. The Labute approximate surface area is 128 Å². The summed E-state index contributed by atoms with van der Waals surface area (Å²) in [5.41, 5.74) is 10.3. The van der Waals surface area contributed by atoms with E-state index in [-0.39, 0.29) is 4.88 Å². The number of carbonyl (C=O) groups excluding carboxylic acids is 3. The summed E-state index contributed by atoms with van der Waals surface area (Å²) in [6.45, 7) is 0. The van der Waals surface area contributed by atoms with E-state index in [4.69, 9.17) is 11.5 Å². The Morgan fingerprint density at radius 2 is 1.68 bits per heavy atom. The van der Waals surface area contributed by atoms with Crippen LogP contribution in [0.5, 0.6) is 0 Å². The number of halogens is 1. The molecule has 3 amide bonds. The average molecular weight is 321 g/mol. The number of hydrogen-bond donors (Lipinski definition) is 3. The van der Waals surface area contributed by atoms with Crippen LogP contribution in [0.4, 0.5) is 4.39 Å². The fourth-order valence-electron chi connectivity index (χ4n) is 1.75. The van der Waals surface area contributed by atoms with Crippen molar-refractivity contribution in [1.29, 1.82) is 0 Å². The smallest absolute Gasteiger partial charge is 0.262 e. The van der Waals surface area contributed by atoms with Crippen LogP contribution in [0.25, 0.3) is 10.4 Å². The maximum absolute atomic E-state index is 13.7. The maximum atomic E-state index is 13.7. The van der Waals surface area contributed by atoms with Crippen LogP contribution in [-0.2, 0) is 9.59 Å². The summed E-state index contributed by atoms with van der Waals surface area (Å²) >= 11 is 1.02. The zero-order chi connectivity index (χ0) is 16.3. The first kappa shape index (κ1) is 15.6. The summed E-state index contributed by atoms with van der Waals surface area (Å²) in [4.78, 5) is 34.8. The van der Waals surface area contributed by atoms with E-state index in [1.54, 1.807) is 24.3 Å². The van der Waals surface area contributed by atoms with Crippen LogP contribution in [0.15, 0.2) is 36.4 Å². The normalized spacial score (nSPS) is 10.5. The molecular formula is C14H12FN3O3S. The Hall–Kier alpha value is -2.74. The van der Waals surface area contributed by atoms with Crippen molar-refractivity contribution in [2.24, 2.45) is 11.5 Å². The van der Waals surface area contributed by atoms with E-state index in [0.717, 1.165) is 11.3 Å². The van der Waals surface area contributed by atoms with Crippen molar-refractivity contribution in [1.82, 2.24) is 5.32 Å². The highest BCUT2D eigenvalue weighted by atomic mass is 32.1. The SMILES string of the molecule is NC(=O)C(NC(=O)c1ccc(-c2ccccc2F)s1)C(N)=O. The van der Waals surface area contributed by atoms with Crippen LogP contribution in [0, 0.1) is 5.82 Å². The van der Waals surface area contributed by atoms with E-state index in [1.165, 1.54) is 12.1 Å². The molecule has 0 saturated carbocycles. The molecule has 8 heteroatoms. The Balaban J connectivity index is 2.21. The standard InChI is InChI=1S/C14H12FN3O3S/c15-8-4-2-1-3-7(8)9-5-6-10(22-9)14(21)18-11(12(16)19)13(17)20/h1-6,11H,(H2,16,19)(H2,17,20)(H,18,21). The highest BCUT2D eigenvalue weighted by Crippen LogP contribution is 2.29. The van der Waals surface area contributed by atoms with Crippen molar-refractivity contribution >= 4 is 29.1 Å². The van der Waals surface area contributed by atoms with Crippen molar-refractivity contribution in [3.63, 3.8) is 0 Å². The maximum Gasteiger partial charge on any atom is 0.262 e. The zero-order valence-corrected chi connectivity index (χ0v) is 12.0. The lowest BCUT2D eigenvalue weighted by Gasteiger charge is -2.10. The van der Waals surface area contributed by atoms with E-state index in [1.807, 2.05) is 0 Å². The molecule has 0 aliphatic carbocycles. The predicted octanol–water partition coefficient (Wildman–Crippen LogP) is 0.623. The third-order valence-corrected chi connectivity index (χ3v) is 3.93. The summed E-state index contributed by atoms with van der Waals surface area (Å²) in [5, 5.41) is 2.14. The lowest BCUT2D eigenvalue weighted by atomic mass is 10.2. The first-order valence-corrected chi connectivity index (χ1v) is 6.96. The number of nitrogens with one attached hydrogen (secondary N) is 1. The topological polar surface area (TPSA) is 115 Å². The molecule has 114 valence electrons. The molecule has 0 bridgehead atoms. The van der Waals surface area contributed by atoms with E-state index in [0.29, 0.717) is 10.4 Å². The van der Waals surface area contributed by atoms with Gasteiger partial charge in [0.25, 0.3) is 5.91 Å². The molecule has 2 rings (SSSR count). The summed E-state index contributed by atoms with van der Waals surface area (Å²) in [7, 11) is 0. The molecule has 2 aromatic rings. The van der Waals surface area contributed by atoms with Crippen LogP contribution < -0.4 is 16.8 Å². The fourth-order valence-corrected chi connectivity index (χ4v) is 2.69. The largest absolute Gasteiger partial charge is 0.367 e. The van der Waals surface area contributed by atoms with Crippen LogP contribution in [-0.4, -0.2) is 23.8 Å². The fraction of sp³-hybridized carbons (Fsp3) is 0.0714. The van der Waals surface area contributed by atoms with Gasteiger partial charge in [0.2, 0.25) is 11.8 Å². The molecule has 5 N–H and O–H groups in total. The molecule has 0 aliphatic heterocycles. The van der Waals surface area contributed by atoms with Crippen molar-refractivity contribution in [2.45, 2.75) is 6.04 Å². The van der Waals surface area contributed by atoms with E-state index in [2.05, 4.69) is 5.32 Å². The molecule has 0 aliphatic rings. The molecular weight excluding hydrogens is 309 g/mol. The number of hydrogen-bond acceptors (Lipinski definition) is 4. The summed E-state index contributed by atoms with van der Waals surface area (Å²) in [5.74, 6) is -3.20. The average Bonchev–Trinajstić information content (AvgIpc) is 2.94. The quantitative estimate of drug-likeness (QED) is 0.701. The number of primary amides is 2. The minimum atomic E-state index is -1.59. The van der Waals surface area contributed by atoms with Gasteiger partial charge in [0.05, 0.1) is 4.88 Å². The van der Waals surface area contributed by atoms with Gasteiger partial charge in [-0.1, -0.05) is 18.2 Å². The predicted molar refractivity (Wildman–Crippen MR) is 79.4 cm³/mol. The Morgan fingerprint density at radius 3 is 2.27 bits per heavy atom. The Bertz CT molecular complexity index is 730. The van der Waals surface area contributed by atoms with Gasteiger partial charge in [-0.2, -0.15) is 0 Å². The molecule has 6 nitrogen and oxygen atoms in total. The highest BCUT2D eigenvalue weighted by molar-refractivity contribution is 7.17. The lowest BCUT2D eigenvalue weighted by molar-refractivity contribution is -0.128. The van der Waals surface area contributed by atoms with Gasteiger partial charge in [0, 0.05) is 10.4 Å². The van der Waals surface area contributed by atoms with Crippen molar-refractivity contribution < 1.29 is 18.8 Å². The minimum absolute atomic E-state index is 0.200. The summed E-state index contributed by atoms with van der Waals surface area (Å²) in [6, 6.07) is 7.57. The Morgan fingerprint density at radius 1 is 1.05 bits per heavy atom. The van der Waals surface area contributed by atoms with Crippen molar-refractivity contribution in [3.05, 3.63) is 47.1 Å². The zero-order valence-electron chi connectivity index (χ0n) is 11.2. The van der Waals surface area contributed by atoms with E-state index >= 15 is 0 Å². The van der Waals surface area contributed by atoms with E-state index < -0.39 is 29.6 Å². The molecule has 1 aromatic carbocycles. The second-order valence-corrected chi connectivity index (χ2v) is 5.44. The van der Waals surface area contributed by atoms with Gasteiger partial charge in [-0.25, -0.2) is 4.39 Å². The minimum Gasteiger partial charge on any atom is -0.367 e. The summed E-state index contributed by atoms with van der Waals surface area (Å²) in [6.07, 6.45) is 0. The van der Waals surface area contributed by atoms with Gasteiger partial charge in [-0.15, -0.1) is 11.3 Å². The first-order valence-electron chi connectivity index (χ1n) is 6.14. The molecule has 1 heterocycles. The van der Waals surface area contributed by atoms with Gasteiger partial charge in [0.15, 0.2) is 6.04 Å². The van der Waals surface area contributed by atoms with Crippen LogP contribution in [0.3, 0.4) is 0 Å². The molecule has 0 spiro atoms. The van der Waals surface area contributed by atoms with Crippen molar-refractivity contribution in [3.8, 4) is 10.4 Å². The molecule has 0 fully saturated rings. The number of benzene rings is 1. The van der Waals surface area contributed by atoms with Gasteiger partial charge < -0.3 is 16.8 Å². The molecule has 0 unspecified atom stereocenters. The van der Waals surface area contributed by atoms with Crippen LogP contribution in [0.1, 0.15) is 9.67 Å². The number of rotatable bonds is 5. The number of nitrogens with two attached hydrogens (primary N) is 2. The molecule has 1 aromatic heterocycles. The molecule has 0 saturated heterocycles. The second-order valence-electron chi connectivity index (χ2n) is 4.35. The number of carbonyl (C=O) groups is 3. The molecule has 22 heavy (non-hydrogen) atoms. The van der Waals surface area contributed by atoms with Gasteiger partial charge >= 0.3 is 0 Å². The second kappa shape index (κ2) is 6.35. The molecule has 0 atom stereocenters. The number of thiophene rings is 1. The monoisotopic (exact) mass is 321 g/mol. The third kappa shape index (κ3) is 3.29. The first-order chi connectivity index (χ1) is 10.4. The van der Waals surface area contributed by atoms with Gasteiger partial charge in [-0.05, 0) is 18.2 Å². The lowest BCUT2D eigenvalue weighted by Crippen LogP contribution is -2.52.